The van der Waals surface area contributed by atoms with E-state index in [1.165, 1.54) is 16.8 Å². The maximum atomic E-state index is 12.8. The number of benzene rings is 1. The molecule has 0 aliphatic carbocycles. The van der Waals surface area contributed by atoms with E-state index in [-0.39, 0.29) is 34.7 Å². The standard InChI is InChI=1S/C19H18F3N5O4S/c1-4-30-17(29)16-10(2)15(11(3)23-16)14(28)9-32-18-24-25-26-27(18)12-5-7-13(8-6-12)31-19(20,21)22/h5-8,23H,4,9H2,1-3H3. The van der Waals surface area contributed by atoms with Gasteiger partial charge >= 0.3 is 12.3 Å². The number of ketones is 1. The Labute approximate surface area is 184 Å². The average molecular weight is 469 g/mol. The van der Waals surface area contributed by atoms with Crippen molar-refractivity contribution in [3.05, 3.63) is 46.8 Å². The Morgan fingerprint density at radius 1 is 1.19 bits per heavy atom. The molecule has 0 unspecified atom stereocenters. The van der Waals surface area contributed by atoms with E-state index in [1.807, 2.05) is 0 Å². The third-order valence-electron chi connectivity index (χ3n) is 4.28. The van der Waals surface area contributed by atoms with Gasteiger partial charge in [0.2, 0.25) is 5.16 Å². The summed E-state index contributed by atoms with van der Waals surface area (Å²) in [5.74, 6) is -1.20. The molecule has 0 amide bonds. The summed E-state index contributed by atoms with van der Waals surface area (Å²) < 4.78 is 47.1. The molecule has 0 aliphatic heterocycles. The van der Waals surface area contributed by atoms with Gasteiger partial charge in [0, 0.05) is 11.3 Å². The van der Waals surface area contributed by atoms with Crippen molar-refractivity contribution in [3.8, 4) is 11.4 Å². The molecule has 0 saturated heterocycles. The number of halogens is 3. The summed E-state index contributed by atoms with van der Waals surface area (Å²) in [6.45, 7) is 5.23. The van der Waals surface area contributed by atoms with E-state index in [2.05, 4.69) is 25.2 Å². The summed E-state index contributed by atoms with van der Waals surface area (Å²) in [7, 11) is 0. The molecule has 0 aliphatic rings. The Kier molecular flexibility index (Phi) is 6.87. The summed E-state index contributed by atoms with van der Waals surface area (Å²) in [6, 6.07) is 4.98. The number of nitrogens with zero attached hydrogens (tertiary/aromatic N) is 4. The topological polar surface area (TPSA) is 112 Å². The molecule has 1 aromatic carbocycles. The molecule has 13 heteroatoms. The van der Waals surface area contributed by atoms with Gasteiger partial charge in [0.1, 0.15) is 11.4 Å². The molecular weight excluding hydrogens is 451 g/mol. The number of aromatic nitrogens is 5. The zero-order valence-corrected chi connectivity index (χ0v) is 18.0. The molecule has 0 spiro atoms. The summed E-state index contributed by atoms with van der Waals surface area (Å²) in [6.07, 6.45) is -4.79. The third-order valence-corrected chi connectivity index (χ3v) is 5.20. The van der Waals surface area contributed by atoms with Crippen LogP contribution < -0.4 is 4.74 Å². The SMILES string of the molecule is CCOC(=O)c1[nH]c(C)c(C(=O)CSc2nnnn2-c2ccc(OC(F)(F)F)cc2)c1C. The molecule has 1 N–H and O–H groups in total. The number of hydrogen-bond donors (Lipinski definition) is 1. The maximum Gasteiger partial charge on any atom is 0.573 e. The van der Waals surface area contributed by atoms with Crippen molar-refractivity contribution >= 4 is 23.5 Å². The van der Waals surface area contributed by atoms with Crippen LogP contribution in [0.4, 0.5) is 13.2 Å². The lowest BCUT2D eigenvalue weighted by molar-refractivity contribution is -0.274. The first kappa shape index (κ1) is 23.3. The number of carbonyl (C=O) groups is 2. The van der Waals surface area contributed by atoms with Crippen molar-refractivity contribution < 1.29 is 32.2 Å². The number of hydrogen-bond acceptors (Lipinski definition) is 8. The van der Waals surface area contributed by atoms with E-state index in [0.29, 0.717) is 22.5 Å². The molecule has 3 rings (SSSR count). The second-order valence-corrected chi connectivity index (χ2v) is 7.41. The van der Waals surface area contributed by atoms with E-state index < -0.39 is 12.3 Å². The first-order chi connectivity index (χ1) is 15.1. The van der Waals surface area contributed by atoms with Crippen LogP contribution in [0.5, 0.6) is 5.75 Å². The zero-order valence-electron chi connectivity index (χ0n) is 17.2. The lowest BCUT2D eigenvalue weighted by Gasteiger charge is -2.09. The summed E-state index contributed by atoms with van der Waals surface area (Å²) >= 11 is 1.05. The molecule has 0 bridgehead atoms. The van der Waals surface area contributed by atoms with E-state index in [9.17, 15) is 22.8 Å². The second kappa shape index (κ2) is 9.42. The highest BCUT2D eigenvalue weighted by molar-refractivity contribution is 7.99. The van der Waals surface area contributed by atoms with E-state index in [0.717, 1.165) is 23.9 Å². The predicted octanol–water partition coefficient (Wildman–Crippen LogP) is 3.66. The quantitative estimate of drug-likeness (QED) is 0.302. The largest absolute Gasteiger partial charge is 0.573 e. The van der Waals surface area contributed by atoms with Crippen LogP contribution in [0.2, 0.25) is 0 Å². The summed E-state index contributed by atoms with van der Waals surface area (Å²) in [5.41, 5.74) is 2.03. The minimum absolute atomic E-state index is 0.0303. The van der Waals surface area contributed by atoms with Crippen LogP contribution in [0, 0.1) is 13.8 Å². The average Bonchev–Trinajstić information content (AvgIpc) is 3.30. The van der Waals surface area contributed by atoms with Gasteiger partial charge in [-0.1, -0.05) is 11.8 Å². The maximum absolute atomic E-state index is 12.8. The first-order valence-corrected chi connectivity index (χ1v) is 10.3. The molecule has 0 fully saturated rings. The van der Waals surface area contributed by atoms with E-state index in [4.69, 9.17) is 4.74 Å². The molecule has 3 aromatic rings. The van der Waals surface area contributed by atoms with Gasteiger partial charge in [0.25, 0.3) is 0 Å². The summed E-state index contributed by atoms with van der Waals surface area (Å²) in [4.78, 5) is 27.7. The third kappa shape index (κ3) is 5.28. The van der Waals surface area contributed by atoms with Gasteiger partial charge in [0.15, 0.2) is 5.78 Å². The molecule has 170 valence electrons. The Hall–Kier alpha value is -3.35. The van der Waals surface area contributed by atoms with Crippen molar-refractivity contribution in [2.45, 2.75) is 32.3 Å². The smallest absolute Gasteiger partial charge is 0.461 e. The van der Waals surface area contributed by atoms with Gasteiger partial charge in [-0.3, -0.25) is 4.79 Å². The Morgan fingerprint density at radius 2 is 1.88 bits per heavy atom. The summed E-state index contributed by atoms with van der Waals surface area (Å²) in [5, 5.41) is 11.5. The molecule has 0 radical (unpaired) electrons. The van der Waals surface area contributed by atoms with Crippen LogP contribution in [0.25, 0.3) is 5.69 Å². The second-order valence-electron chi connectivity index (χ2n) is 6.47. The zero-order chi connectivity index (χ0) is 23.5. The van der Waals surface area contributed by atoms with Crippen molar-refractivity contribution in [1.82, 2.24) is 25.2 Å². The molecule has 9 nitrogen and oxygen atoms in total. The van der Waals surface area contributed by atoms with Crippen molar-refractivity contribution in [2.24, 2.45) is 0 Å². The minimum atomic E-state index is -4.79. The van der Waals surface area contributed by atoms with Crippen LogP contribution in [-0.4, -0.2) is 55.7 Å². The number of carbonyl (C=O) groups excluding carboxylic acids is 2. The Morgan fingerprint density at radius 3 is 2.50 bits per heavy atom. The van der Waals surface area contributed by atoms with Gasteiger partial charge in [0.05, 0.1) is 18.0 Å². The van der Waals surface area contributed by atoms with Crippen molar-refractivity contribution in [2.75, 3.05) is 12.4 Å². The highest BCUT2D eigenvalue weighted by Crippen LogP contribution is 2.26. The fraction of sp³-hybridized carbons (Fsp3) is 0.316. The number of rotatable bonds is 8. The Bertz CT molecular complexity index is 1130. The molecule has 0 atom stereocenters. The first-order valence-electron chi connectivity index (χ1n) is 9.27. The number of esters is 1. The lowest BCUT2D eigenvalue weighted by atomic mass is 10.1. The van der Waals surface area contributed by atoms with Crippen LogP contribution in [0.15, 0.2) is 29.4 Å². The number of tetrazole rings is 1. The van der Waals surface area contributed by atoms with Gasteiger partial charge in [-0.05, 0) is 61.0 Å². The number of ether oxygens (including phenoxy) is 2. The fourth-order valence-electron chi connectivity index (χ4n) is 3.00. The molecule has 32 heavy (non-hydrogen) atoms. The fourth-order valence-corrected chi connectivity index (χ4v) is 3.76. The number of aromatic amines is 1. The van der Waals surface area contributed by atoms with Gasteiger partial charge in [-0.15, -0.1) is 18.3 Å². The van der Waals surface area contributed by atoms with Gasteiger partial charge in [-0.25, -0.2) is 4.79 Å². The molecule has 0 saturated carbocycles. The van der Waals surface area contributed by atoms with E-state index in [1.54, 1.807) is 20.8 Å². The number of thioether (sulfide) groups is 1. The molecule has 2 heterocycles. The number of alkyl halides is 3. The monoisotopic (exact) mass is 469 g/mol. The highest BCUT2D eigenvalue weighted by atomic mass is 32.2. The predicted molar refractivity (Wildman–Crippen MR) is 107 cm³/mol. The lowest BCUT2D eigenvalue weighted by Crippen LogP contribution is -2.17. The number of H-pyrrole nitrogens is 1. The van der Waals surface area contributed by atoms with Crippen LogP contribution >= 0.6 is 11.8 Å². The molecular formula is C19H18F3N5O4S. The number of aryl methyl sites for hydroxylation is 1. The van der Waals surface area contributed by atoms with Crippen LogP contribution in [0.1, 0.15) is 39.0 Å². The highest BCUT2D eigenvalue weighted by Gasteiger charge is 2.31. The van der Waals surface area contributed by atoms with Crippen molar-refractivity contribution in [3.63, 3.8) is 0 Å². The van der Waals surface area contributed by atoms with Gasteiger partial charge < -0.3 is 14.5 Å². The Balaban J connectivity index is 1.73. The molecule has 2 aromatic heterocycles. The number of nitrogens with one attached hydrogen (secondary N) is 1. The van der Waals surface area contributed by atoms with E-state index >= 15 is 0 Å². The number of Topliss-reactive ketones (excluding diaryl/α,β-unsaturated/α-hetero) is 1. The van der Waals surface area contributed by atoms with Crippen LogP contribution in [0.3, 0.4) is 0 Å². The van der Waals surface area contributed by atoms with Gasteiger partial charge in [-0.2, -0.15) is 4.68 Å². The van der Waals surface area contributed by atoms with Crippen molar-refractivity contribution in [1.29, 1.82) is 0 Å². The normalized spacial score (nSPS) is 11.4. The minimum Gasteiger partial charge on any atom is -0.461 e. The van der Waals surface area contributed by atoms with Crippen LogP contribution in [-0.2, 0) is 4.74 Å².